The maximum Gasteiger partial charge on any atom is 0.418 e. The number of rotatable bonds is 3. The second-order valence-corrected chi connectivity index (χ2v) is 7.04. The maximum atomic E-state index is 13.6. The van der Waals surface area contributed by atoms with Crippen molar-refractivity contribution in [3.8, 4) is 11.6 Å². The minimum Gasteiger partial charge on any atom is -0.494 e. The van der Waals surface area contributed by atoms with Gasteiger partial charge in [-0.25, -0.2) is 4.57 Å². The Bertz CT molecular complexity index is 1370. The lowest BCUT2D eigenvalue weighted by molar-refractivity contribution is -0.137. The molecule has 0 spiro atoms. The van der Waals surface area contributed by atoms with E-state index in [0.29, 0.717) is 15.6 Å². The largest absolute Gasteiger partial charge is 0.494 e. The van der Waals surface area contributed by atoms with Crippen molar-refractivity contribution in [3.05, 3.63) is 99.8 Å². The van der Waals surface area contributed by atoms with Crippen LogP contribution in [0, 0.1) is 6.92 Å². The van der Waals surface area contributed by atoms with E-state index in [0.717, 1.165) is 17.7 Å². The van der Waals surface area contributed by atoms with Crippen molar-refractivity contribution in [1.82, 2.24) is 4.57 Å². The predicted molar refractivity (Wildman–Crippen MR) is 115 cm³/mol. The van der Waals surface area contributed by atoms with Crippen molar-refractivity contribution in [1.29, 1.82) is 0 Å². The minimum atomic E-state index is -4.70. The van der Waals surface area contributed by atoms with Gasteiger partial charge >= 0.3 is 6.18 Å². The lowest BCUT2D eigenvalue weighted by Crippen LogP contribution is -2.23. The number of aromatic nitrogens is 1. The smallest absolute Gasteiger partial charge is 0.418 e. The number of hydrogen-bond acceptors (Lipinski definition) is 3. The van der Waals surface area contributed by atoms with Crippen LogP contribution in [0.4, 0.5) is 18.9 Å². The molecule has 0 aliphatic heterocycles. The second-order valence-electron chi connectivity index (χ2n) is 7.04. The summed E-state index contributed by atoms with van der Waals surface area (Å²) in [4.78, 5) is 17.5. The molecule has 0 aliphatic carbocycles. The molecule has 1 aromatic heterocycles. The van der Waals surface area contributed by atoms with Crippen molar-refractivity contribution >= 4 is 22.7 Å². The molecule has 0 saturated heterocycles. The van der Waals surface area contributed by atoms with Gasteiger partial charge in [-0.15, -0.1) is 0 Å². The number of fused-ring (bicyclic) bond motifs is 1. The first-order chi connectivity index (χ1) is 14.8. The summed E-state index contributed by atoms with van der Waals surface area (Å²) in [5.74, 6) is -0.614. The molecular formula is C24H17F3N2O2. The Hall–Kier alpha value is -3.87. The van der Waals surface area contributed by atoms with E-state index < -0.39 is 28.9 Å². The molecule has 3 aromatic carbocycles. The Balaban J connectivity index is 2.03. The van der Waals surface area contributed by atoms with Crippen LogP contribution in [0.15, 0.2) is 82.6 Å². The van der Waals surface area contributed by atoms with Crippen LogP contribution in [0.25, 0.3) is 16.5 Å². The Morgan fingerprint density at radius 3 is 2.32 bits per heavy atom. The number of halogens is 3. The molecule has 0 saturated carbocycles. The number of alkyl halides is 3. The maximum absolute atomic E-state index is 13.6. The fraction of sp³-hybridized carbons (Fsp3) is 0.0833. The summed E-state index contributed by atoms with van der Waals surface area (Å²) >= 11 is 0. The summed E-state index contributed by atoms with van der Waals surface area (Å²) in [6, 6.07) is 18.4. The van der Waals surface area contributed by atoms with Gasteiger partial charge in [-0.05, 0) is 42.8 Å². The molecule has 0 atom stereocenters. The number of nitrogens with zero attached hydrogens (tertiary/aromatic N) is 2. The predicted octanol–water partition coefficient (Wildman–Crippen LogP) is 5.77. The Morgan fingerprint density at radius 1 is 0.935 bits per heavy atom. The number of aromatic hydroxyl groups is 1. The Labute approximate surface area is 175 Å². The van der Waals surface area contributed by atoms with Crippen LogP contribution in [0.2, 0.25) is 0 Å². The van der Waals surface area contributed by atoms with Gasteiger partial charge in [-0.1, -0.05) is 42.5 Å². The van der Waals surface area contributed by atoms with Gasteiger partial charge in [0.25, 0.3) is 5.56 Å². The summed E-state index contributed by atoms with van der Waals surface area (Å²) < 4.78 is 41.5. The summed E-state index contributed by atoms with van der Waals surface area (Å²) in [7, 11) is 0. The van der Waals surface area contributed by atoms with Crippen LogP contribution >= 0.6 is 0 Å². The van der Waals surface area contributed by atoms with Crippen LogP contribution < -0.4 is 5.56 Å². The van der Waals surface area contributed by atoms with Crippen molar-refractivity contribution in [2.24, 2.45) is 4.99 Å². The topological polar surface area (TPSA) is 54.6 Å². The highest BCUT2D eigenvalue weighted by molar-refractivity contribution is 6.02. The molecule has 0 unspecified atom stereocenters. The summed E-state index contributed by atoms with van der Waals surface area (Å²) in [5.41, 5.74) is -0.492. The quantitative estimate of drug-likeness (QED) is 0.426. The van der Waals surface area contributed by atoms with E-state index in [4.69, 9.17) is 0 Å². The first-order valence-corrected chi connectivity index (χ1v) is 9.41. The number of para-hydroxylation sites is 1. The highest BCUT2D eigenvalue weighted by Gasteiger charge is 2.34. The second kappa shape index (κ2) is 7.75. The average Bonchev–Trinajstić information content (AvgIpc) is 2.73. The number of hydrogen-bond donors (Lipinski definition) is 1. The zero-order chi connectivity index (χ0) is 22.2. The van der Waals surface area contributed by atoms with Gasteiger partial charge in [-0.2, -0.15) is 13.2 Å². The third-order valence-electron chi connectivity index (χ3n) is 4.90. The summed E-state index contributed by atoms with van der Waals surface area (Å²) in [6.07, 6.45) is -3.34. The molecular weight excluding hydrogens is 405 g/mol. The highest BCUT2D eigenvalue weighted by Crippen LogP contribution is 2.35. The van der Waals surface area contributed by atoms with Gasteiger partial charge in [0.2, 0.25) is 5.88 Å². The Kier molecular flexibility index (Phi) is 5.10. The van der Waals surface area contributed by atoms with Crippen LogP contribution in [-0.4, -0.2) is 15.9 Å². The monoisotopic (exact) mass is 422 g/mol. The van der Waals surface area contributed by atoms with Gasteiger partial charge in [0.15, 0.2) is 0 Å². The van der Waals surface area contributed by atoms with Gasteiger partial charge in [-0.3, -0.25) is 9.79 Å². The zero-order valence-electron chi connectivity index (χ0n) is 16.4. The van der Waals surface area contributed by atoms with Crippen LogP contribution in [0.1, 0.15) is 16.7 Å². The van der Waals surface area contributed by atoms with Gasteiger partial charge < -0.3 is 5.11 Å². The Morgan fingerprint density at radius 2 is 1.61 bits per heavy atom. The molecule has 4 aromatic rings. The minimum absolute atomic E-state index is 0.147. The standard InChI is InChI=1S/C24H17F3N2O2/c1-15-7-6-8-16(13-15)28-14-19-17-9-2-3-10-18(17)22(30)29(23(19)31)21-12-5-4-11-20(21)24(25,26)27/h2-14,31H,1H3. The van der Waals surface area contributed by atoms with Crippen LogP contribution in [0.3, 0.4) is 0 Å². The number of aryl methyl sites for hydroxylation is 1. The molecule has 7 heteroatoms. The molecule has 0 fully saturated rings. The lowest BCUT2D eigenvalue weighted by atomic mass is 10.1. The van der Waals surface area contributed by atoms with E-state index in [-0.39, 0.29) is 10.9 Å². The number of benzene rings is 3. The zero-order valence-corrected chi connectivity index (χ0v) is 16.4. The van der Waals surface area contributed by atoms with E-state index >= 15 is 0 Å². The third-order valence-corrected chi connectivity index (χ3v) is 4.90. The van der Waals surface area contributed by atoms with E-state index in [9.17, 15) is 23.1 Å². The number of aliphatic imine (C=N–C) groups is 1. The van der Waals surface area contributed by atoms with Gasteiger partial charge in [0, 0.05) is 17.0 Å². The molecule has 4 rings (SSSR count). The van der Waals surface area contributed by atoms with E-state index in [2.05, 4.69) is 4.99 Å². The van der Waals surface area contributed by atoms with E-state index in [1.807, 2.05) is 25.1 Å². The van der Waals surface area contributed by atoms with Crippen molar-refractivity contribution < 1.29 is 18.3 Å². The van der Waals surface area contributed by atoms with Gasteiger partial charge in [0.05, 0.1) is 22.5 Å². The number of pyridine rings is 1. The SMILES string of the molecule is Cc1cccc(N=Cc2c(O)n(-c3ccccc3C(F)(F)F)c(=O)c3ccccc23)c1. The molecule has 0 aliphatic rings. The molecule has 1 heterocycles. The van der Waals surface area contributed by atoms with Crippen LogP contribution in [-0.2, 0) is 6.18 Å². The average molecular weight is 422 g/mol. The highest BCUT2D eigenvalue weighted by atomic mass is 19.4. The van der Waals surface area contributed by atoms with Crippen LogP contribution in [0.5, 0.6) is 5.88 Å². The third kappa shape index (κ3) is 3.82. The molecule has 0 bridgehead atoms. The van der Waals surface area contributed by atoms with Gasteiger partial charge in [0.1, 0.15) is 0 Å². The van der Waals surface area contributed by atoms with E-state index in [1.54, 1.807) is 24.3 Å². The molecule has 31 heavy (non-hydrogen) atoms. The first-order valence-electron chi connectivity index (χ1n) is 9.41. The summed E-state index contributed by atoms with van der Waals surface area (Å²) in [5, 5.41) is 11.5. The summed E-state index contributed by atoms with van der Waals surface area (Å²) in [6.45, 7) is 1.90. The van der Waals surface area contributed by atoms with Crippen molar-refractivity contribution in [3.63, 3.8) is 0 Å². The fourth-order valence-electron chi connectivity index (χ4n) is 3.47. The lowest BCUT2D eigenvalue weighted by Gasteiger charge is -2.18. The first kappa shape index (κ1) is 20.4. The van der Waals surface area contributed by atoms with Crippen molar-refractivity contribution in [2.75, 3.05) is 0 Å². The fourth-order valence-corrected chi connectivity index (χ4v) is 3.47. The van der Waals surface area contributed by atoms with E-state index in [1.165, 1.54) is 24.4 Å². The molecule has 0 amide bonds. The molecule has 1 N–H and O–H groups in total. The molecule has 4 nitrogen and oxygen atoms in total. The normalized spacial score (nSPS) is 12.0. The van der Waals surface area contributed by atoms with Crippen molar-refractivity contribution in [2.45, 2.75) is 13.1 Å². The molecule has 156 valence electrons. The molecule has 0 radical (unpaired) electrons.